The predicted octanol–water partition coefficient (Wildman–Crippen LogP) is 1.64. The highest BCUT2D eigenvalue weighted by molar-refractivity contribution is 5.96. The van der Waals surface area contributed by atoms with Gasteiger partial charge in [-0.2, -0.15) is 0 Å². The van der Waals surface area contributed by atoms with E-state index in [9.17, 15) is 9.59 Å². The topological polar surface area (TPSA) is 70.2 Å². The zero-order chi connectivity index (χ0) is 14.0. The minimum absolute atomic E-state index is 0.292. The summed E-state index contributed by atoms with van der Waals surface area (Å²) in [6, 6.07) is -0.815. The van der Waals surface area contributed by atoms with Crippen molar-refractivity contribution in [3.63, 3.8) is 0 Å². The first-order chi connectivity index (χ1) is 8.54. The van der Waals surface area contributed by atoms with Crippen LogP contribution in [0.15, 0.2) is 0 Å². The Bertz CT molecular complexity index is 257. The van der Waals surface area contributed by atoms with Crippen molar-refractivity contribution in [3.8, 4) is 0 Å². The van der Waals surface area contributed by atoms with Gasteiger partial charge in [-0.05, 0) is 25.8 Å². The van der Waals surface area contributed by atoms with Crippen LogP contribution in [-0.4, -0.2) is 31.6 Å². The molecule has 0 aliphatic heterocycles. The van der Waals surface area contributed by atoms with Gasteiger partial charge in [0, 0.05) is 7.05 Å². The number of rotatable bonds is 8. The number of carbonyl (C=O) groups excluding carboxylic acids is 2. The molecule has 0 aromatic carbocycles. The van der Waals surface area contributed by atoms with Crippen molar-refractivity contribution in [1.29, 1.82) is 0 Å². The molecule has 0 saturated carbocycles. The number of hydrogen-bond acceptors (Lipinski definition) is 3. The largest absolute Gasteiger partial charge is 0.341 e. The van der Waals surface area contributed by atoms with Crippen LogP contribution in [-0.2, 0) is 4.79 Å². The van der Waals surface area contributed by atoms with Crippen molar-refractivity contribution in [2.45, 2.75) is 52.5 Å². The maximum absolute atomic E-state index is 11.6. The molecule has 2 atom stereocenters. The zero-order valence-electron chi connectivity index (χ0n) is 12.0. The summed E-state index contributed by atoms with van der Waals surface area (Å²) in [4.78, 5) is 22.6. The molecule has 0 saturated heterocycles. The average Bonchev–Trinajstić information content (AvgIpc) is 2.38. The lowest BCUT2D eigenvalue weighted by Gasteiger charge is -2.19. The SMILES string of the molecule is CCCCC(CC)CNC(C)C(=O)NC(=O)NC. The van der Waals surface area contributed by atoms with E-state index in [0.29, 0.717) is 5.92 Å². The summed E-state index contributed by atoms with van der Waals surface area (Å²) in [6.07, 6.45) is 4.71. The number of unbranched alkanes of at least 4 members (excludes halogenated alkanes) is 1. The molecule has 0 rings (SSSR count). The van der Waals surface area contributed by atoms with Gasteiger partial charge in [-0.3, -0.25) is 10.1 Å². The number of hydrogen-bond donors (Lipinski definition) is 3. The van der Waals surface area contributed by atoms with Crippen LogP contribution in [0.4, 0.5) is 4.79 Å². The summed E-state index contributed by atoms with van der Waals surface area (Å²) in [7, 11) is 1.48. The predicted molar refractivity (Wildman–Crippen MR) is 73.4 cm³/mol. The molecule has 0 spiro atoms. The van der Waals surface area contributed by atoms with E-state index in [-0.39, 0.29) is 11.9 Å². The molecule has 0 bridgehead atoms. The summed E-state index contributed by atoms with van der Waals surface area (Å²) in [5.41, 5.74) is 0. The van der Waals surface area contributed by atoms with Gasteiger partial charge in [0.2, 0.25) is 5.91 Å². The highest BCUT2D eigenvalue weighted by Gasteiger charge is 2.16. The minimum Gasteiger partial charge on any atom is -0.341 e. The first kappa shape index (κ1) is 16.9. The fourth-order valence-electron chi connectivity index (χ4n) is 1.66. The number of imide groups is 1. The molecule has 106 valence electrons. The van der Waals surface area contributed by atoms with Crippen molar-refractivity contribution in [2.24, 2.45) is 5.92 Å². The Morgan fingerprint density at radius 2 is 1.89 bits per heavy atom. The van der Waals surface area contributed by atoms with E-state index >= 15 is 0 Å². The fourth-order valence-corrected chi connectivity index (χ4v) is 1.66. The summed E-state index contributed by atoms with van der Waals surface area (Å²) >= 11 is 0. The molecular weight excluding hydrogens is 230 g/mol. The van der Waals surface area contributed by atoms with Gasteiger partial charge in [0.15, 0.2) is 0 Å². The normalized spacial score (nSPS) is 13.8. The first-order valence-electron chi connectivity index (χ1n) is 6.81. The third kappa shape index (κ3) is 7.27. The molecule has 0 radical (unpaired) electrons. The lowest BCUT2D eigenvalue weighted by molar-refractivity contribution is -0.121. The Morgan fingerprint density at radius 3 is 2.39 bits per heavy atom. The lowest BCUT2D eigenvalue weighted by atomic mass is 9.99. The van der Waals surface area contributed by atoms with Crippen molar-refractivity contribution in [3.05, 3.63) is 0 Å². The summed E-state index contributed by atoms with van der Waals surface area (Å²) in [5, 5.41) is 7.80. The van der Waals surface area contributed by atoms with Gasteiger partial charge >= 0.3 is 6.03 Å². The van der Waals surface area contributed by atoms with E-state index in [1.54, 1.807) is 6.92 Å². The van der Waals surface area contributed by atoms with Crippen LogP contribution in [0.3, 0.4) is 0 Å². The van der Waals surface area contributed by atoms with E-state index in [1.807, 2.05) is 0 Å². The Morgan fingerprint density at radius 1 is 1.22 bits per heavy atom. The van der Waals surface area contributed by atoms with Crippen molar-refractivity contribution in [2.75, 3.05) is 13.6 Å². The highest BCUT2D eigenvalue weighted by Crippen LogP contribution is 2.11. The van der Waals surface area contributed by atoms with E-state index in [0.717, 1.165) is 13.0 Å². The lowest BCUT2D eigenvalue weighted by Crippen LogP contribution is -2.48. The smallest absolute Gasteiger partial charge is 0.321 e. The molecule has 0 aliphatic rings. The van der Waals surface area contributed by atoms with Crippen LogP contribution in [0.2, 0.25) is 0 Å². The molecule has 5 heteroatoms. The van der Waals surface area contributed by atoms with Crippen molar-refractivity contribution >= 4 is 11.9 Å². The van der Waals surface area contributed by atoms with Crippen LogP contribution < -0.4 is 16.0 Å². The van der Waals surface area contributed by atoms with E-state index in [1.165, 1.54) is 26.3 Å². The molecule has 0 aromatic rings. The molecule has 2 unspecified atom stereocenters. The minimum atomic E-state index is -0.466. The molecule has 3 amide bonds. The molecule has 3 N–H and O–H groups in total. The van der Waals surface area contributed by atoms with Crippen LogP contribution in [0.1, 0.15) is 46.5 Å². The Balaban J connectivity index is 3.95. The van der Waals surface area contributed by atoms with E-state index in [4.69, 9.17) is 0 Å². The van der Waals surface area contributed by atoms with Crippen LogP contribution >= 0.6 is 0 Å². The zero-order valence-corrected chi connectivity index (χ0v) is 12.0. The van der Waals surface area contributed by atoms with Gasteiger partial charge in [-0.15, -0.1) is 0 Å². The molecule has 0 fully saturated rings. The number of carbonyl (C=O) groups is 2. The third-order valence-corrected chi connectivity index (χ3v) is 3.11. The van der Waals surface area contributed by atoms with Crippen molar-refractivity contribution < 1.29 is 9.59 Å². The summed E-state index contributed by atoms with van der Waals surface area (Å²) in [6.45, 7) is 6.93. The third-order valence-electron chi connectivity index (χ3n) is 3.11. The monoisotopic (exact) mass is 257 g/mol. The molecule has 0 heterocycles. The first-order valence-corrected chi connectivity index (χ1v) is 6.81. The molecular formula is C13H27N3O2. The van der Waals surface area contributed by atoms with Gasteiger partial charge in [0.05, 0.1) is 6.04 Å². The Labute approximate surface area is 110 Å². The van der Waals surface area contributed by atoms with Gasteiger partial charge in [0.25, 0.3) is 0 Å². The molecule has 0 aliphatic carbocycles. The van der Waals surface area contributed by atoms with Gasteiger partial charge in [-0.25, -0.2) is 4.79 Å². The van der Waals surface area contributed by atoms with Gasteiger partial charge in [0.1, 0.15) is 0 Å². The number of urea groups is 1. The molecule has 18 heavy (non-hydrogen) atoms. The van der Waals surface area contributed by atoms with Crippen LogP contribution in [0, 0.1) is 5.92 Å². The maximum Gasteiger partial charge on any atom is 0.321 e. The number of nitrogens with one attached hydrogen (secondary N) is 3. The Hall–Kier alpha value is -1.10. The second-order valence-electron chi connectivity index (χ2n) is 4.61. The average molecular weight is 257 g/mol. The van der Waals surface area contributed by atoms with Gasteiger partial charge in [-0.1, -0.05) is 33.1 Å². The second kappa shape index (κ2) is 9.88. The fraction of sp³-hybridized carbons (Fsp3) is 0.846. The highest BCUT2D eigenvalue weighted by atomic mass is 16.2. The van der Waals surface area contributed by atoms with Gasteiger partial charge < -0.3 is 10.6 Å². The summed E-state index contributed by atoms with van der Waals surface area (Å²) in [5.74, 6) is 0.305. The summed E-state index contributed by atoms with van der Waals surface area (Å²) < 4.78 is 0. The van der Waals surface area contributed by atoms with E-state index in [2.05, 4.69) is 29.8 Å². The van der Waals surface area contributed by atoms with Crippen molar-refractivity contribution in [1.82, 2.24) is 16.0 Å². The second-order valence-corrected chi connectivity index (χ2v) is 4.61. The Kier molecular flexibility index (Phi) is 9.28. The maximum atomic E-state index is 11.6. The number of amides is 3. The molecule has 0 aromatic heterocycles. The van der Waals surface area contributed by atoms with Crippen LogP contribution in [0.5, 0.6) is 0 Å². The standard InChI is InChI=1S/C13H27N3O2/c1-5-7-8-11(6-2)9-15-10(3)12(17)16-13(18)14-4/h10-11,15H,5-9H2,1-4H3,(H2,14,16,17,18). The van der Waals surface area contributed by atoms with E-state index < -0.39 is 6.03 Å². The van der Waals surface area contributed by atoms with Crippen LogP contribution in [0.25, 0.3) is 0 Å². The molecule has 5 nitrogen and oxygen atoms in total. The quantitative estimate of drug-likeness (QED) is 0.619.